The number of benzene rings is 1. The number of hydrogen-bond donors (Lipinski definition) is 1. The van der Waals surface area contributed by atoms with Crippen LogP contribution in [0.2, 0.25) is 0 Å². The highest BCUT2D eigenvalue weighted by atomic mass is 16.1. The minimum absolute atomic E-state index is 0.138. The summed E-state index contributed by atoms with van der Waals surface area (Å²) in [5.74, 6) is 0. The molecular formula is C16H15N3O. The predicted octanol–water partition coefficient (Wildman–Crippen LogP) is 2.41. The highest BCUT2D eigenvalue weighted by molar-refractivity contribution is 5.83. The molecule has 2 heterocycles. The van der Waals surface area contributed by atoms with Gasteiger partial charge in [-0.15, -0.1) is 0 Å². The highest BCUT2D eigenvalue weighted by Gasteiger charge is 2.06. The first-order valence-electron chi connectivity index (χ1n) is 6.62. The average molecular weight is 265 g/mol. The minimum Gasteiger partial charge on any atom is -0.267 e. The third kappa shape index (κ3) is 2.45. The molecule has 20 heavy (non-hydrogen) atoms. The Kier molecular flexibility index (Phi) is 3.29. The molecule has 0 spiro atoms. The number of H-pyrrole nitrogens is 1. The molecule has 0 amide bonds. The van der Waals surface area contributed by atoms with Crippen LogP contribution in [-0.4, -0.2) is 15.2 Å². The number of hydrogen-bond acceptors (Lipinski definition) is 3. The predicted molar refractivity (Wildman–Crippen MR) is 78.7 cm³/mol. The van der Waals surface area contributed by atoms with E-state index in [1.54, 1.807) is 0 Å². The monoisotopic (exact) mass is 265 g/mol. The number of aromatic nitrogens is 3. The van der Waals surface area contributed by atoms with Crippen LogP contribution in [0.1, 0.15) is 17.0 Å². The summed E-state index contributed by atoms with van der Waals surface area (Å²) in [5.41, 5.74) is 2.97. The van der Waals surface area contributed by atoms with Crippen molar-refractivity contribution < 1.29 is 0 Å². The van der Waals surface area contributed by atoms with Gasteiger partial charge in [0.1, 0.15) is 0 Å². The van der Waals surface area contributed by atoms with Crippen molar-refractivity contribution in [3.05, 3.63) is 69.9 Å². The lowest BCUT2D eigenvalue weighted by Gasteiger charge is -2.05. The van der Waals surface area contributed by atoms with Gasteiger partial charge in [-0.1, -0.05) is 24.3 Å². The lowest BCUT2D eigenvalue weighted by Crippen LogP contribution is -2.11. The molecule has 0 unspecified atom stereocenters. The molecule has 3 rings (SSSR count). The molecule has 100 valence electrons. The van der Waals surface area contributed by atoms with Crippen LogP contribution < -0.4 is 5.56 Å². The molecule has 0 aliphatic heterocycles. The Morgan fingerprint density at radius 1 is 1.05 bits per heavy atom. The maximum Gasteiger partial charge on any atom is 0.272 e. The zero-order chi connectivity index (χ0) is 13.9. The van der Waals surface area contributed by atoms with Gasteiger partial charge in [-0.3, -0.25) is 9.78 Å². The van der Waals surface area contributed by atoms with Crippen molar-refractivity contribution in [2.45, 2.75) is 19.8 Å². The fourth-order valence-electron chi connectivity index (χ4n) is 2.27. The normalized spacial score (nSPS) is 10.8. The van der Waals surface area contributed by atoms with Gasteiger partial charge < -0.3 is 0 Å². The van der Waals surface area contributed by atoms with Gasteiger partial charge in [0.25, 0.3) is 5.56 Å². The van der Waals surface area contributed by atoms with Gasteiger partial charge in [-0.05, 0) is 37.5 Å². The zero-order valence-electron chi connectivity index (χ0n) is 11.3. The Bertz CT molecular complexity index is 791. The summed E-state index contributed by atoms with van der Waals surface area (Å²) in [6.07, 6.45) is 3.53. The molecule has 0 saturated carbocycles. The van der Waals surface area contributed by atoms with E-state index in [9.17, 15) is 4.79 Å². The van der Waals surface area contributed by atoms with Crippen LogP contribution in [0.5, 0.6) is 0 Å². The van der Waals surface area contributed by atoms with E-state index in [0.29, 0.717) is 5.39 Å². The van der Waals surface area contributed by atoms with Crippen molar-refractivity contribution in [3.8, 4) is 0 Å². The third-order valence-corrected chi connectivity index (χ3v) is 3.40. The van der Waals surface area contributed by atoms with Crippen LogP contribution in [0.25, 0.3) is 10.8 Å². The van der Waals surface area contributed by atoms with Gasteiger partial charge >= 0.3 is 0 Å². The SMILES string of the molecule is Cc1ccc(CCc2n[nH]c(=O)c3ccccc23)cn1. The standard InChI is InChI=1S/C16H15N3O/c1-11-6-7-12(10-17-11)8-9-15-13-4-2-3-5-14(13)16(20)19-18-15/h2-7,10H,8-9H2,1H3,(H,19,20). The lowest BCUT2D eigenvalue weighted by molar-refractivity contribution is 0.859. The number of pyridine rings is 1. The number of nitrogens with zero attached hydrogens (tertiary/aromatic N) is 2. The number of aryl methyl sites for hydroxylation is 3. The van der Waals surface area contributed by atoms with Crippen molar-refractivity contribution in [1.82, 2.24) is 15.2 Å². The summed E-state index contributed by atoms with van der Waals surface area (Å²) in [4.78, 5) is 16.0. The first-order valence-corrected chi connectivity index (χ1v) is 6.62. The molecule has 1 aromatic carbocycles. The number of aromatic amines is 1. The summed E-state index contributed by atoms with van der Waals surface area (Å²) < 4.78 is 0. The fourth-order valence-corrected chi connectivity index (χ4v) is 2.27. The molecule has 0 atom stereocenters. The van der Waals surface area contributed by atoms with E-state index in [1.807, 2.05) is 43.5 Å². The molecule has 0 saturated heterocycles. The summed E-state index contributed by atoms with van der Waals surface area (Å²) >= 11 is 0. The van der Waals surface area contributed by atoms with Gasteiger partial charge in [0, 0.05) is 17.3 Å². The molecule has 0 aliphatic rings. The third-order valence-electron chi connectivity index (χ3n) is 3.40. The second-order valence-electron chi connectivity index (χ2n) is 4.85. The van der Waals surface area contributed by atoms with Gasteiger partial charge in [0.2, 0.25) is 0 Å². The van der Waals surface area contributed by atoms with Gasteiger partial charge in [-0.25, -0.2) is 5.10 Å². The molecule has 0 fully saturated rings. The van der Waals surface area contributed by atoms with Crippen LogP contribution in [0.4, 0.5) is 0 Å². The summed E-state index contributed by atoms with van der Waals surface area (Å²) in [7, 11) is 0. The van der Waals surface area contributed by atoms with E-state index >= 15 is 0 Å². The Morgan fingerprint density at radius 2 is 1.85 bits per heavy atom. The molecule has 3 aromatic rings. The molecule has 0 radical (unpaired) electrons. The number of nitrogens with one attached hydrogen (secondary N) is 1. The lowest BCUT2D eigenvalue weighted by atomic mass is 10.1. The molecule has 4 nitrogen and oxygen atoms in total. The number of fused-ring (bicyclic) bond motifs is 1. The van der Waals surface area contributed by atoms with Gasteiger partial charge in [0.05, 0.1) is 11.1 Å². The molecule has 0 aliphatic carbocycles. The van der Waals surface area contributed by atoms with Crippen LogP contribution in [0, 0.1) is 6.92 Å². The maximum atomic E-state index is 11.7. The quantitative estimate of drug-likeness (QED) is 0.791. The molecule has 2 aromatic heterocycles. The van der Waals surface area contributed by atoms with Crippen molar-refractivity contribution in [3.63, 3.8) is 0 Å². The largest absolute Gasteiger partial charge is 0.272 e. The van der Waals surface area contributed by atoms with Gasteiger partial charge in [0.15, 0.2) is 0 Å². The molecular weight excluding hydrogens is 250 g/mol. The Hall–Kier alpha value is -2.49. The average Bonchev–Trinajstić information content (AvgIpc) is 2.49. The zero-order valence-corrected chi connectivity index (χ0v) is 11.3. The van der Waals surface area contributed by atoms with Crippen molar-refractivity contribution >= 4 is 10.8 Å². The van der Waals surface area contributed by atoms with E-state index in [4.69, 9.17) is 0 Å². The Morgan fingerprint density at radius 3 is 2.60 bits per heavy atom. The minimum atomic E-state index is -0.138. The number of rotatable bonds is 3. The molecule has 1 N–H and O–H groups in total. The van der Waals surface area contributed by atoms with Crippen molar-refractivity contribution in [2.24, 2.45) is 0 Å². The fraction of sp³-hybridized carbons (Fsp3) is 0.188. The topological polar surface area (TPSA) is 58.6 Å². The van der Waals surface area contributed by atoms with E-state index < -0.39 is 0 Å². The maximum absolute atomic E-state index is 11.7. The smallest absolute Gasteiger partial charge is 0.267 e. The first-order chi connectivity index (χ1) is 9.74. The Labute approximate surface area is 116 Å². The van der Waals surface area contributed by atoms with E-state index in [-0.39, 0.29) is 5.56 Å². The molecule has 0 bridgehead atoms. The Balaban J connectivity index is 1.90. The molecule has 4 heteroatoms. The van der Waals surface area contributed by atoms with Crippen molar-refractivity contribution in [1.29, 1.82) is 0 Å². The van der Waals surface area contributed by atoms with Crippen LogP contribution in [0.15, 0.2) is 47.4 Å². The van der Waals surface area contributed by atoms with Gasteiger partial charge in [-0.2, -0.15) is 5.10 Å². The summed E-state index contributed by atoms with van der Waals surface area (Å²) in [6.45, 7) is 1.97. The van der Waals surface area contributed by atoms with Crippen molar-refractivity contribution in [2.75, 3.05) is 0 Å². The van der Waals surface area contributed by atoms with E-state index in [2.05, 4.69) is 21.2 Å². The highest BCUT2D eigenvalue weighted by Crippen LogP contribution is 2.14. The summed E-state index contributed by atoms with van der Waals surface area (Å²) in [5, 5.41) is 8.37. The summed E-state index contributed by atoms with van der Waals surface area (Å²) in [6, 6.07) is 11.7. The van der Waals surface area contributed by atoms with E-state index in [1.165, 1.54) is 5.56 Å². The second kappa shape index (κ2) is 5.25. The second-order valence-corrected chi connectivity index (χ2v) is 4.85. The first kappa shape index (κ1) is 12.5. The van der Waals surface area contributed by atoms with Crippen LogP contribution >= 0.6 is 0 Å². The van der Waals surface area contributed by atoms with Crippen LogP contribution in [0.3, 0.4) is 0 Å². The van der Waals surface area contributed by atoms with E-state index in [0.717, 1.165) is 29.6 Å². The van der Waals surface area contributed by atoms with Crippen LogP contribution in [-0.2, 0) is 12.8 Å².